The minimum Gasteiger partial charge on any atom is -0.508 e. The van der Waals surface area contributed by atoms with Gasteiger partial charge < -0.3 is 10.4 Å². The first kappa shape index (κ1) is 11.0. The van der Waals surface area contributed by atoms with E-state index in [-0.39, 0.29) is 0 Å². The summed E-state index contributed by atoms with van der Waals surface area (Å²) >= 11 is 1.76. The van der Waals surface area contributed by atoms with E-state index in [0.717, 1.165) is 32.7 Å². The zero-order valence-electron chi connectivity index (χ0n) is 9.65. The van der Waals surface area contributed by atoms with Crippen LogP contribution in [-0.2, 0) is 6.54 Å². The van der Waals surface area contributed by atoms with Crippen LogP contribution in [0.15, 0.2) is 23.6 Å². The summed E-state index contributed by atoms with van der Waals surface area (Å²) in [5.41, 5.74) is 1.34. The second-order valence-electron chi connectivity index (χ2n) is 4.47. The van der Waals surface area contributed by atoms with Gasteiger partial charge in [0.2, 0.25) is 0 Å². The number of benzene rings is 1. The largest absolute Gasteiger partial charge is 0.508 e. The molecule has 17 heavy (non-hydrogen) atoms. The van der Waals surface area contributed by atoms with E-state index >= 15 is 0 Å². The summed E-state index contributed by atoms with van der Waals surface area (Å²) in [6, 6.07) is 5.63. The molecule has 3 rings (SSSR count). The highest BCUT2D eigenvalue weighted by atomic mass is 32.1. The molecule has 0 saturated carbocycles. The molecule has 1 aliphatic heterocycles. The number of phenolic OH excluding ortho intramolecular Hbond substituents is 1. The molecule has 0 radical (unpaired) electrons. The Morgan fingerprint density at radius 1 is 1.29 bits per heavy atom. The van der Waals surface area contributed by atoms with E-state index in [1.807, 2.05) is 12.1 Å². The second-order valence-corrected chi connectivity index (χ2v) is 5.38. The van der Waals surface area contributed by atoms with Gasteiger partial charge in [0, 0.05) is 42.8 Å². The van der Waals surface area contributed by atoms with Crippen molar-refractivity contribution in [1.82, 2.24) is 10.2 Å². The number of hydrogen-bond acceptors (Lipinski definition) is 4. The number of hydrogen-bond donors (Lipinski definition) is 2. The van der Waals surface area contributed by atoms with E-state index in [0.29, 0.717) is 5.75 Å². The third-order valence-corrected chi connectivity index (χ3v) is 4.25. The molecule has 1 saturated heterocycles. The van der Waals surface area contributed by atoms with E-state index in [1.54, 1.807) is 17.4 Å². The summed E-state index contributed by atoms with van der Waals surface area (Å²) in [5.74, 6) is 0.359. The zero-order valence-corrected chi connectivity index (χ0v) is 10.5. The maximum absolute atomic E-state index is 9.56. The molecule has 2 heterocycles. The zero-order chi connectivity index (χ0) is 11.7. The van der Waals surface area contributed by atoms with Gasteiger partial charge in [-0.2, -0.15) is 0 Å². The van der Waals surface area contributed by atoms with Crippen molar-refractivity contribution in [1.29, 1.82) is 0 Å². The molecule has 2 N–H and O–H groups in total. The lowest BCUT2D eigenvalue weighted by Crippen LogP contribution is -2.42. The average Bonchev–Trinajstić information content (AvgIpc) is 2.73. The normalized spacial score (nSPS) is 17.6. The summed E-state index contributed by atoms with van der Waals surface area (Å²) in [5, 5.41) is 16.3. The highest BCUT2D eigenvalue weighted by Gasteiger charge is 2.12. The summed E-state index contributed by atoms with van der Waals surface area (Å²) in [4.78, 5) is 2.46. The van der Waals surface area contributed by atoms with Gasteiger partial charge >= 0.3 is 0 Å². The first-order valence-corrected chi connectivity index (χ1v) is 6.83. The lowest BCUT2D eigenvalue weighted by atomic mass is 10.1. The smallest absolute Gasteiger partial charge is 0.116 e. The van der Waals surface area contributed by atoms with E-state index in [9.17, 15) is 5.11 Å². The van der Waals surface area contributed by atoms with E-state index < -0.39 is 0 Å². The van der Waals surface area contributed by atoms with Gasteiger partial charge in [-0.25, -0.2) is 0 Å². The number of fused-ring (bicyclic) bond motifs is 1. The fourth-order valence-electron chi connectivity index (χ4n) is 2.30. The first-order valence-electron chi connectivity index (χ1n) is 5.95. The Kier molecular flexibility index (Phi) is 3.01. The van der Waals surface area contributed by atoms with E-state index in [1.165, 1.54) is 15.6 Å². The number of aromatic hydroxyl groups is 1. The van der Waals surface area contributed by atoms with Crippen molar-refractivity contribution in [2.24, 2.45) is 0 Å². The van der Waals surface area contributed by atoms with Gasteiger partial charge in [0.25, 0.3) is 0 Å². The Hall–Kier alpha value is -1.10. The standard InChI is InChI=1S/C13H16N2OS/c16-11-1-2-13-12(7-11)10(9-17-13)8-15-5-3-14-4-6-15/h1-2,7,9,14,16H,3-6,8H2. The molecule has 1 aromatic heterocycles. The number of nitrogens with one attached hydrogen (secondary N) is 1. The lowest BCUT2D eigenvalue weighted by Gasteiger charge is -2.26. The minimum atomic E-state index is 0.359. The van der Waals surface area contributed by atoms with Crippen LogP contribution in [0.1, 0.15) is 5.56 Å². The van der Waals surface area contributed by atoms with Crippen molar-refractivity contribution < 1.29 is 5.11 Å². The predicted octanol–water partition coefficient (Wildman–Crippen LogP) is 2.01. The molecular weight excluding hydrogens is 232 g/mol. The van der Waals surface area contributed by atoms with Crippen molar-refractivity contribution in [2.45, 2.75) is 6.54 Å². The van der Waals surface area contributed by atoms with Crippen molar-refractivity contribution in [3.05, 3.63) is 29.1 Å². The molecule has 90 valence electrons. The molecule has 1 aromatic carbocycles. The number of nitrogens with zero attached hydrogens (tertiary/aromatic N) is 1. The molecule has 0 atom stereocenters. The molecule has 0 aliphatic carbocycles. The molecule has 0 amide bonds. The van der Waals surface area contributed by atoms with Crippen molar-refractivity contribution in [3.8, 4) is 5.75 Å². The highest BCUT2D eigenvalue weighted by molar-refractivity contribution is 7.17. The van der Waals surface area contributed by atoms with Crippen LogP contribution < -0.4 is 5.32 Å². The van der Waals surface area contributed by atoms with Crippen LogP contribution in [0, 0.1) is 0 Å². The molecule has 4 heteroatoms. The van der Waals surface area contributed by atoms with Crippen molar-refractivity contribution >= 4 is 21.4 Å². The van der Waals surface area contributed by atoms with Gasteiger partial charge in [-0.05, 0) is 29.1 Å². The third kappa shape index (κ3) is 2.29. The lowest BCUT2D eigenvalue weighted by molar-refractivity contribution is 0.234. The molecule has 1 aliphatic rings. The summed E-state index contributed by atoms with van der Waals surface area (Å²) in [7, 11) is 0. The van der Waals surface area contributed by atoms with Crippen LogP contribution in [0.5, 0.6) is 5.75 Å². The highest BCUT2D eigenvalue weighted by Crippen LogP contribution is 2.29. The molecule has 0 unspecified atom stereocenters. The number of phenols is 1. The van der Waals surface area contributed by atoms with Gasteiger partial charge in [-0.15, -0.1) is 11.3 Å². The summed E-state index contributed by atoms with van der Waals surface area (Å²) in [6.45, 7) is 5.36. The molecule has 1 fully saturated rings. The number of thiophene rings is 1. The van der Waals surface area contributed by atoms with E-state index in [4.69, 9.17) is 0 Å². The topological polar surface area (TPSA) is 35.5 Å². The van der Waals surface area contributed by atoms with Gasteiger partial charge in [0.05, 0.1) is 0 Å². The van der Waals surface area contributed by atoms with Gasteiger partial charge in [-0.1, -0.05) is 0 Å². The fourth-order valence-corrected chi connectivity index (χ4v) is 3.24. The Bertz CT molecular complexity index is 517. The summed E-state index contributed by atoms with van der Waals surface area (Å²) < 4.78 is 1.26. The molecule has 2 aromatic rings. The SMILES string of the molecule is Oc1ccc2scc(CN3CCNCC3)c2c1. The molecule has 0 spiro atoms. The van der Waals surface area contributed by atoms with Crippen LogP contribution >= 0.6 is 11.3 Å². The first-order chi connectivity index (χ1) is 8.33. The second kappa shape index (κ2) is 4.64. The number of piperazine rings is 1. The van der Waals surface area contributed by atoms with Crippen LogP contribution in [0.25, 0.3) is 10.1 Å². The van der Waals surface area contributed by atoms with Crippen molar-refractivity contribution in [2.75, 3.05) is 26.2 Å². The van der Waals surface area contributed by atoms with Crippen LogP contribution in [0.3, 0.4) is 0 Å². The quantitative estimate of drug-likeness (QED) is 0.853. The van der Waals surface area contributed by atoms with Gasteiger partial charge in [-0.3, -0.25) is 4.90 Å². The molecular formula is C13H16N2OS. The maximum Gasteiger partial charge on any atom is 0.116 e. The maximum atomic E-state index is 9.56. The Labute approximate surface area is 105 Å². The van der Waals surface area contributed by atoms with E-state index in [2.05, 4.69) is 15.6 Å². The van der Waals surface area contributed by atoms with Crippen LogP contribution in [0.2, 0.25) is 0 Å². The average molecular weight is 248 g/mol. The van der Waals surface area contributed by atoms with Crippen LogP contribution in [-0.4, -0.2) is 36.2 Å². The Morgan fingerprint density at radius 3 is 2.94 bits per heavy atom. The monoisotopic (exact) mass is 248 g/mol. The predicted molar refractivity (Wildman–Crippen MR) is 71.6 cm³/mol. The van der Waals surface area contributed by atoms with Crippen LogP contribution in [0.4, 0.5) is 0 Å². The summed E-state index contributed by atoms with van der Waals surface area (Å²) in [6.07, 6.45) is 0. The van der Waals surface area contributed by atoms with Gasteiger partial charge in [0.15, 0.2) is 0 Å². The van der Waals surface area contributed by atoms with Crippen molar-refractivity contribution in [3.63, 3.8) is 0 Å². The Balaban J connectivity index is 1.86. The Morgan fingerprint density at radius 2 is 2.12 bits per heavy atom. The number of rotatable bonds is 2. The third-order valence-electron chi connectivity index (χ3n) is 3.24. The fraction of sp³-hybridized carbons (Fsp3) is 0.385. The van der Waals surface area contributed by atoms with Gasteiger partial charge in [0.1, 0.15) is 5.75 Å². The molecule has 0 bridgehead atoms. The molecule has 3 nitrogen and oxygen atoms in total. The minimum absolute atomic E-state index is 0.359.